The Morgan fingerprint density at radius 2 is 1.52 bits per heavy atom. The molecule has 220 valence electrons. The maximum absolute atomic E-state index is 13.2. The van der Waals surface area contributed by atoms with Gasteiger partial charge in [0.2, 0.25) is 5.91 Å². The number of alkyl halides is 6. The van der Waals surface area contributed by atoms with Gasteiger partial charge in [0.15, 0.2) is 0 Å². The molecule has 1 amide bonds. The molecule has 0 aliphatic carbocycles. The minimum atomic E-state index is -5.08. The lowest BCUT2D eigenvalue weighted by molar-refractivity contribution is -0.193. The standard InChI is InChI=1S/C21H24FN3O.2C2HF3O2/c1-16-12-24(13-17-4-6-19(22)7-5-17)15-21(16)8-10-25(20(21)26)14-18-3-2-9-23-11-18;2*3-2(4,5)1(6)7/h2-7,9,11,16H,8,10,12-15H2,1H3;2*(H,6,7)/t16-,21-;;/m1../s1. The molecule has 1 aromatic heterocycles. The van der Waals surface area contributed by atoms with Crippen LogP contribution in [0.2, 0.25) is 0 Å². The average Bonchev–Trinajstić information content (AvgIpc) is 3.34. The first kappa shape index (κ1) is 32.5. The molecule has 0 radical (unpaired) electrons. The fraction of sp³-hybridized carbons (Fsp3) is 0.440. The van der Waals surface area contributed by atoms with Gasteiger partial charge in [-0.05, 0) is 41.7 Å². The summed E-state index contributed by atoms with van der Waals surface area (Å²) in [6.45, 7) is 6.09. The zero-order chi connectivity index (χ0) is 30.3. The number of carbonyl (C=O) groups is 3. The molecule has 2 aliphatic rings. The lowest BCUT2D eigenvalue weighted by atomic mass is 9.78. The van der Waals surface area contributed by atoms with Crippen LogP contribution in [0.4, 0.5) is 30.7 Å². The normalized spacial score (nSPS) is 20.9. The second kappa shape index (κ2) is 13.1. The highest BCUT2D eigenvalue weighted by Gasteiger charge is 2.54. The zero-order valence-corrected chi connectivity index (χ0v) is 21.0. The number of halogens is 7. The van der Waals surface area contributed by atoms with E-state index in [1.807, 2.05) is 35.4 Å². The molecule has 40 heavy (non-hydrogen) atoms. The molecule has 2 N–H and O–H groups in total. The molecule has 1 spiro atoms. The van der Waals surface area contributed by atoms with Crippen LogP contribution >= 0.6 is 0 Å². The Morgan fingerprint density at radius 1 is 0.975 bits per heavy atom. The van der Waals surface area contributed by atoms with E-state index < -0.39 is 24.3 Å². The van der Waals surface area contributed by atoms with Crippen LogP contribution in [0.1, 0.15) is 24.5 Å². The van der Waals surface area contributed by atoms with Crippen molar-refractivity contribution < 1.29 is 55.3 Å². The van der Waals surface area contributed by atoms with Crippen molar-refractivity contribution in [1.29, 1.82) is 0 Å². The number of rotatable bonds is 4. The molecule has 2 saturated heterocycles. The van der Waals surface area contributed by atoms with Crippen molar-refractivity contribution in [1.82, 2.24) is 14.8 Å². The molecular formula is C25H26F7N3O5. The van der Waals surface area contributed by atoms with Gasteiger partial charge in [0.25, 0.3) is 0 Å². The predicted octanol–water partition coefficient (Wildman–Crippen LogP) is 4.36. The van der Waals surface area contributed by atoms with Gasteiger partial charge in [0.05, 0.1) is 5.41 Å². The van der Waals surface area contributed by atoms with E-state index in [9.17, 15) is 35.5 Å². The quantitative estimate of drug-likeness (QED) is 0.517. The number of hydrogen-bond acceptors (Lipinski definition) is 5. The molecule has 2 fully saturated rings. The van der Waals surface area contributed by atoms with Crippen LogP contribution in [0.3, 0.4) is 0 Å². The molecule has 3 heterocycles. The second-order valence-electron chi connectivity index (χ2n) is 9.30. The summed E-state index contributed by atoms with van der Waals surface area (Å²) in [5, 5.41) is 14.2. The predicted molar refractivity (Wildman–Crippen MR) is 125 cm³/mol. The monoisotopic (exact) mass is 581 g/mol. The fourth-order valence-corrected chi connectivity index (χ4v) is 4.47. The summed E-state index contributed by atoms with van der Waals surface area (Å²) in [6.07, 6.45) is -5.67. The van der Waals surface area contributed by atoms with E-state index in [4.69, 9.17) is 19.8 Å². The first-order valence-corrected chi connectivity index (χ1v) is 11.7. The number of likely N-dealkylation sites (tertiary alicyclic amines) is 2. The van der Waals surface area contributed by atoms with E-state index >= 15 is 0 Å². The van der Waals surface area contributed by atoms with Crippen LogP contribution in [-0.2, 0) is 27.5 Å². The smallest absolute Gasteiger partial charge is 0.475 e. The van der Waals surface area contributed by atoms with Crippen molar-refractivity contribution in [3.8, 4) is 0 Å². The Balaban J connectivity index is 0.000000333. The van der Waals surface area contributed by atoms with Gasteiger partial charge in [-0.15, -0.1) is 0 Å². The Hall–Kier alpha value is -3.75. The zero-order valence-electron chi connectivity index (χ0n) is 21.0. The van der Waals surface area contributed by atoms with Gasteiger partial charge in [-0.25, -0.2) is 14.0 Å². The van der Waals surface area contributed by atoms with Crippen molar-refractivity contribution in [2.45, 2.75) is 38.8 Å². The summed E-state index contributed by atoms with van der Waals surface area (Å²) >= 11 is 0. The lowest BCUT2D eigenvalue weighted by Crippen LogP contribution is -2.39. The number of carboxylic acids is 2. The number of pyridine rings is 1. The summed E-state index contributed by atoms with van der Waals surface area (Å²) in [4.78, 5) is 39.5. The van der Waals surface area contributed by atoms with Crippen LogP contribution in [0, 0.1) is 17.2 Å². The SMILES string of the molecule is C[C@@H]1CN(Cc2ccc(F)cc2)C[C@]12CCN(Cc1cccnc1)C2=O.O=C(O)C(F)(F)F.O=C(O)C(F)(F)F. The van der Waals surface area contributed by atoms with Gasteiger partial charge in [-0.2, -0.15) is 26.3 Å². The number of amides is 1. The van der Waals surface area contributed by atoms with E-state index in [1.165, 1.54) is 12.1 Å². The van der Waals surface area contributed by atoms with E-state index in [-0.39, 0.29) is 17.1 Å². The molecule has 2 aromatic rings. The number of nitrogens with zero attached hydrogens (tertiary/aromatic N) is 3. The van der Waals surface area contributed by atoms with Crippen molar-refractivity contribution in [2.75, 3.05) is 19.6 Å². The molecule has 1 aromatic carbocycles. The first-order chi connectivity index (χ1) is 18.5. The molecule has 15 heteroatoms. The average molecular weight is 581 g/mol. The van der Waals surface area contributed by atoms with Gasteiger partial charge in [-0.1, -0.05) is 25.1 Å². The summed E-state index contributed by atoms with van der Waals surface area (Å²) < 4.78 is 76.6. The number of hydrogen-bond donors (Lipinski definition) is 2. The van der Waals surface area contributed by atoms with Crippen LogP contribution in [0.15, 0.2) is 48.8 Å². The second-order valence-corrected chi connectivity index (χ2v) is 9.30. The molecule has 2 atom stereocenters. The Bertz CT molecular complexity index is 1140. The maximum Gasteiger partial charge on any atom is 0.490 e. The van der Waals surface area contributed by atoms with Crippen molar-refractivity contribution in [3.63, 3.8) is 0 Å². The molecule has 0 unspecified atom stereocenters. The molecule has 8 nitrogen and oxygen atoms in total. The number of aliphatic carboxylic acids is 2. The number of carboxylic acid groups (broad SMARTS) is 2. The fourth-order valence-electron chi connectivity index (χ4n) is 4.47. The highest BCUT2D eigenvalue weighted by Crippen LogP contribution is 2.45. The summed E-state index contributed by atoms with van der Waals surface area (Å²) in [7, 11) is 0. The van der Waals surface area contributed by atoms with Crippen molar-refractivity contribution >= 4 is 17.8 Å². The number of carbonyl (C=O) groups excluding carboxylic acids is 1. The Labute approximate surface area is 224 Å². The number of aromatic nitrogens is 1. The summed E-state index contributed by atoms with van der Waals surface area (Å²) in [6, 6.07) is 10.6. The van der Waals surface area contributed by atoms with E-state index in [2.05, 4.69) is 16.8 Å². The molecule has 2 aliphatic heterocycles. The van der Waals surface area contributed by atoms with Crippen LogP contribution in [-0.4, -0.2) is 74.8 Å². The third-order valence-electron chi connectivity index (χ3n) is 6.42. The molecule has 0 bridgehead atoms. The highest BCUT2D eigenvalue weighted by molar-refractivity contribution is 5.86. The molecule has 4 rings (SSSR count). The highest BCUT2D eigenvalue weighted by atomic mass is 19.4. The third kappa shape index (κ3) is 8.89. The van der Waals surface area contributed by atoms with E-state index in [0.29, 0.717) is 12.5 Å². The third-order valence-corrected chi connectivity index (χ3v) is 6.42. The largest absolute Gasteiger partial charge is 0.490 e. The van der Waals surface area contributed by atoms with Crippen molar-refractivity contribution in [2.24, 2.45) is 11.3 Å². The van der Waals surface area contributed by atoms with Gasteiger partial charge < -0.3 is 15.1 Å². The van der Waals surface area contributed by atoms with Crippen molar-refractivity contribution in [3.05, 3.63) is 65.7 Å². The summed E-state index contributed by atoms with van der Waals surface area (Å²) in [5.41, 5.74) is 1.89. The topological polar surface area (TPSA) is 111 Å². The minimum absolute atomic E-state index is 0.211. The van der Waals surface area contributed by atoms with Crippen LogP contribution < -0.4 is 0 Å². The van der Waals surface area contributed by atoms with Gasteiger partial charge in [0, 0.05) is 45.1 Å². The Morgan fingerprint density at radius 3 is 2.00 bits per heavy atom. The number of benzene rings is 1. The van der Waals surface area contributed by atoms with Crippen LogP contribution in [0.25, 0.3) is 0 Å². The van der Waals surface area contributed by atoms with E-state index in [1.54, 1.807) is 6.20 Å². The van der Waals surface area contributed by atoms with Gasteiger partial charge in [-0.3, -0.25) is 14.7 Å². The van der Waals surface area contributed by atoms with Crippen LogP contribution in [0.5, 0.6) is 0 Å². The maximum atomic E-state index is 13.2. The van der Waals surface area contributed by atoms with E-state index in [0.717, 1.165) is 43.7 Å². The first-order valence-electron chi connectivity index (χ1n) is 11.7. The van der Waals surface area contributed by atoms with Gasteiger partial charge >= 0.3 is 24.3 Å². The lowest BCUT2D eigenvalue weighted by Gasteiger charge is -2.27. The summed E-state index contributed by atoms with van der Waals surface area (Å²) in [5.74, 6) is -5.12. The minimum Gasteiger partial charge on any atom is -0.475 e. The Kier molecular flexibility index (Phi) is 10.6. The molecule has 0 saturated carbocycles. The molecular weight excluding hydrogens is 555 g/mol. The van der Waals surface area contributed by atoms with Gasteiger partial charge in [0.1, 0.15) is 5.82 Å².